The van der Waals surface area contributed by atoms with Crippen LogP contribution in [0.2, 0.25) is 10.0 Å². The molecule has 3 rings (SSSR count). The summed E-state index contributed by atoms with van der Waals surface area (Å²) in [6.45, 7) is 0.718. The first-order valence-electron chi connectivity index (χ1n) is 6.46. The lowest BCUT2D eigenvalue weighted by Gasteiger charge is -2.45. The van der Waals surface area contributed by atoms with Gasteiger partial charge in [-0.25, -0.2) is 4.79 Å². The van der Waals surface area contributed by atoms with Crippen molar-refractivity contribution in [1.82, 2.24) is 5.32 Å². The van der Waals surface area contributed by atoms with Gasteiger partial charge in [0.15, 0.2) is 0 Å². The number of ether oxygens (including phenoxy) is 1. The quantitative estimate of drug-likeness (QED) is 0.783. The molecule has 4 unspecified atom stereocenters. The van der Waals surface area contributed by atoms with Gasteiger partial charge in [0, 0.05) is 24.3 Å². The Morgan fingerprint density at radius 3 is 2.90 bits per heavy atom. The summed E-state index contributed by atoms with van der Waals surface area (Å²) in [5.41, 5.74) is 6.61. The fourth-order valence-electron chi connectivity index (χ4n) is 2.82. The third-order valence-electron chi connectivity index (χ3n) is 3.92. The number of carbonyl (C=O) groups excluding carboxylic acids is 1. The van der Waals surface area contributed by atoms with E-state index in [1.165, 1.54) is 0 Å². The van der Waals surface area contributed by atoms with E-state index >= 15 is 0 Å². The molecule has 1 saturated heterocycles. The minimum Gasteiger partial charge on any atom is -0.376 e. The standard InChI is InChI=1S/C13H15Cl2N3O2/c14-8-2-1-6(5-9(8)15)17-13(19)18-11-10(16)7-3-4-20-12(7)11/h1-2,5,7,10-12H,3-4,16H2,(H2,17,18,19). The molecule has 1 aliphatic carbocycles. The Hall–Kier alpha value is -1.01. The largest absolute Gasteiger partial charge is 0.376 e. The number of carbonyl (C=O) groups is 1. The minimum atomic E-state index is -0.321. The van der Waals surface area contributed by atoms with Crippen LogP contribution in [0, 0.1) is 5.92 Å². The van der Waals surface area contributed by atoms with E-state index in [2.05, 4.69) is 10.6 Å². The lowest BCUT2D eigenvalue weighted by molar-refractivity contribution is -0.0128. The average Bonchev–Trinajstić information content (AvgIpc) is 2.85. The molecule has 1 heterocycles. The van der Waals surface area contributed by atoms with Crippen molar-refractivity contribution in [2.24, 2.45) is 11.7 Å². The first-order valence-corrected chi connectivity index (χ1v) is 7.21. The summed E-state index contributed by atoms with van der Waals surface area (Å²) in [7, 11) is 0. The maximum Gasteiger partial charge on any atom is 0.319 e. The van der Waals surface area contributed by atoms with Crippen LogP contribution in [-0.4, -0.2) is 30.8 Å². The fraction of sp³-hybridized carbons (Fsp3) is 0.462. The highest BCUT2D eigenvalue weighted by atomic mass is 35.5. The normalized spacial score (nSPS) is 31.4. The molecule has 1 aromatic rings. The summed E-state index contributed by atoms with van der Waals surface area (Å²) in [5.74, 6) is 0.366. The van der Waals surface area contributed by atoms with Crippen LogP contribution in [0.4, 0.5) is 10.5 Å². The molecular formula is C13H15Cl2N3O2. The molecule has 1 aliphatic heterocycles. The van der Waals surface area contributed by atoms with Gasteiger partial charge in [-0.05, 0) is 24.6 Å². The van der Waals surface area contributed by atoms with Crippen LogP contribution < -0.4 is 16.4 Å². The summed E-state index contributed by atoms with van der Waals surface area (Å²) in [5, 5.41) is 6.39. The van der Waals surface area contributed by atoms with Gasteiger partial charge >= 0.3 is 6.03 Å². The number of rotatable bonds is 2. The molecular weight excluding hydrogens is 301 g/mol. The zero-order valence-corrected chi connectivity index (χ0v) is 12.1. The molecule has 2 fully saturated rings. The van der Waals surface area contributed by atoms with Crippen molar-refractivity contribution in [2.45, 2.75) is 24.6 Å². The number of fused-ring (bicyclic) bond motifs is 1. The van der Waals surface area contributed by atoms with Crippen LogP contribution in [-0.2, 0) is 4.74 Å². The number of nitrogens with two attached hydrogens (primary N) is 1. The number of urea groups is 1. The molecule has 2 amide bonds. The maximum absolute atomic E-state index is 11.9. The Balaban J connectivity index is 1.58. The highest BCUT2D eigenvalue weighted by Gasteiger charge is 2.52. The van der Waals surface area contributed by atoms with E-state index in [0.717, 1.165) is 13.0 Å². The Labute approximate surface area is 126 Å². The molecule has 1 aromatic carbocycles. The lowest BCUT2D eigenvalue weighted by atomic mass is 9.72. The van der Waals surface area contributed by atoms with Gasteiger partial charge in [0.2, 0.25) is 0 Å². The highest BCUT2D eigenvalue weighted by molar-refractivity contribution is 6.42. The molecule has 0 bridgehead atoms. The van der Waals surface area contributed by atoms with Crippen molar-refractivity contribution >= 4 is 34.9 Å². The Bertz CT molecular complexity index is 540. The third kappa shape index (κ3) is 2.46. The molecule has 0 radical (unpaired) electrons. The summed E-state index contributed by atoms with van der Waals surface area (Å²) < 4.78 is 5.56. The zero-order chi connectivity index (χ0) is 14.3. The molecule has 4 N–H and O–H groups in total. The number of halogens is 2. The molecule has 4 atom stereocenters. The smallest absolute Gasteiger partial charge is 0.319 e. The van der Waals surface area contributed by atoms with Crippen LogP contribution in [0.25, 0.3) is 0 Å². The summed E-state index contributed by atoms with van der Waals surface area (Å²) in [6.07, 6.45) is 1.02. The summed E-state index contributed by atoms with van der Waals surface area (Å²) in [6, 6.07) is 4.41. The summed E-state index contributed by atoms with van der Waals surface area (Å²) in [4.78, 5) is 11.9. The first kappa shape index (κ1) is 13.9. The second-order valence-electron chi connectivity index (χ2n) is 5.12. The minimum absolute atomic E-state index is 0.0398. The van der Waals surface area contributed by atoms with Crippen molar-refractivity contribution in [3.8, 4) is 0 Å². The van der Waals surface area contributed by atoms with E-state index in [4.69, 9.17) is 33.7 Å². The fourth-order valence-corrected chi connectivity index (χ4v) is 3.12. The topological polar surface area (TPSA) is 76.4 Å². The SMILES string of the molecule is NC1C2CCOC2C1NC(=O)Nc1ccc(Cl)c(Cl)c1. The van der Waals surface area contributed by atoms with E-state index in [1.54, 1.807) is 18.2 Å². The molecule has 1 saturated carbocycles. The van der Waals surface area contributed by atoms with E-state index in [9.17, 15) is 4.79 Å². The zero-order valence-electron chi connectivity index (χ0n) is 10.6. The maximum atomic E-state index is 11.9. The summed E-state index contributed by atoms with van der Waals surface area (Å²) >= 11 is 11.7. The predicted molar refractivity (Wildman–Crippen MR) is 78.2 cm³/mol. The molecule has 0 spiro atoms. The van der Waals surface area contributed by atoms with Gasteiger partial charge in [0.1, 0.15) is 0 Å². The molecule has 108 valence electrons. The van der Waals surface area contributed by atoms with Crippen LogP contribution in [0.1, 0.15) is 6.42 Å². The van der Waals surface area contributed by atoms with Gasteiger partial charge in [-0.15, -0.1) is 0 Å². The Morgan fingerprint density at radius 2 is 2.15 bits per heavy atom. The Kier molecular flexibility index (Phi) is 3.77. The van der Waals surface area contributed by atoms with E-state index in [1.807, 2.05) is 0 Å². The number of hydrogen-bond acceptors (Lipinski definition) is 3. The van der Waals surface area contributed by atoms with Crippen molar-refractivity contribution in [3.63, 3.8) is 0 Å². The third-order valence-corrected chi connectivity index (χ3v) is 4.66. The van der Waals surface area contributed by atoms with Gasteiger partial charge in [0.25, 0.3) is 0 Å². The number of anilines is 1. The van der Waals surface area contributed by atoms with Crippen molar-refractivity contribution < 1.29 is 9.53 Å². The number of benzene rings is 1. The van der Waals surface area contributed by atoms with Crippen molar-refractivity contribution in [2.75, 3.05) is 11.9 Å². The van der Waals surface area contributed by atoms with Gasteiger partial charge in [-0.1, -0.05) is 23.2 Å². The van der Waals surface area contributed by atoms with Gasteiger partial charge in [-0.2, -0.15) is 0 Å². The average molecular weight is 316 g/mol. The van der Waals surface area contributed by atoms with E-state index in [0.29, 0.717) is 21.7 Å². The van der Waals surface area contributed by atoms with Gasteiger partial charge < -0.3 is 21.1 Å². The van der Waals surface area contributed by atoms with Crippen LogP contribution >= 0.6 is 23.2 Å². The molecule has 7 heteroatoms. The van der Waals surface area contributed by atoms with Crippen molar-refractivity contribution in [3.05, 3.63) is 28.2 Å². The van der Waals surface area contributed by atoms with Crippen LogP contribution in [0.15, 0.2) is 18.2 Å². The number of nitrogens with one attached hydrogen (secondary N) is 2. The molecule has 20 heavy (non-hydrogen) atoms. The lowest BCUT2D eigenvalue weighted by Crippen LogP contribution is -2.69. The van der Waals surface area contributed by atoms with Crippen LogP contribution in [0.5, 0.6) is 0 Å². The van der Waals surface area contributed by atoms with E-state index < -0.39 is 0 Å². The monoisotopic (exact) mass is 315 g/mol. The second kappa shape index (κ2) is 5.41. The van der Waals surface area contributed by atoms with Gasteiger partial charge in [-0.3, -0.25) is 0 Å². The molecule has 2 aliphatic rings. The second-order valence-corrected chi connectivity index (χ2v) is 5.93. The first-order chi connectivity index (χ1) is 9.56. The number of amides is 2. The Morgan fingerprint density at radius 1 is 1.35 bits per heavy atom. The van der Waals surface area contributed by atoms with Gasteiger partial charge in [0.05, 0.1) is 22.2 Å². The highest BCUT2D eigenvalue weighted by Crippen LogP contribution is 2.37. The van der Waals surface area contributed by atoms with E-state index in [-0.39, 0.29) is 24.2 Å². The molecule has 0 aromatic heterocycles. The van der Waals surface area contributed by atoms with Crippen LogP contribution in [0.3, 0.4) is 0 Å². The van der Waals surface area contributed by atoms with Crippen molar-refractivity contribution in [1.29, 1.82) is 0 Å². The predicted octanol–water partition coefficient (Wildman–Crippen LogP) is 2.23. The molecule has 5 nitrogen and oxygen atoms in total. The number of hydrogen-bond donors (Lipinski definition) is 3.